The van der Waals surface area contributed by atoms with Gasteiger partial charge in [0.1, 0.15) is 23.7 Å². The monoisotopic (exact) mass is 638 g/mol. The summed E-state index contributed by atoms with van der Waals surface area (Å²) in [6, 6.07) is 15.6. The summed E-state index contributed by atoms with van der Waals surface area (Å²) in [5.41, 5.74) is 2.07. The molecule has 256 valence electrons. The van der Waals surface area contributed by atoms with Crippen molar-refractivity contribution in [2.45, 2.75) is 105 Å². The zero-order valence-electron chi connectivity index (χ0n) is 29.4. The van der Waals surface area contributed by atoms with Crippen molar-refractivity contribution in [2.75, 3.05) is 14.2 Å². The van der Waals surface area contributed by atoms with Gasteiger partial charge < -0.3 is 28.4 Å². The standard InChI is InChI=1S/C39H58O7/c1-11-37(35(23-13-27(3)4)29(7)43-25-31-15-19-33(41-9)20-16-31)45-39(40)46-38(12-2)36(24-14-28(5)6)30(8)44-26-32-17-21-34(42-10)22-18-32/h11-12,15-22,27-30,35-38H,1-2,13-14,23-26H2,3-10H3/t29-,30-,35-,36-,37+,38+/m0/s1. The fraction of sp³-hybridized carbons (Fsp3) is 0.564. The average Bonchev–Trinajstić information content (AvgIpc) is 3.05. The molecule has 2 aromatic carbocycles. The van der Waals surface area contributed by atoms with E-state index in [1.165, 1.54) is 0 Å². The van der Waals surface area contributed by atoms with Crippen LogP contribution in [-0.4, -0.2) is 44.8 Å². The lowest BCUT2D eigenvalue weighted by Crippen LogP contribution is -2.38. The van der Waals surface area contributed by atoms with E-state index in [1.807, 2.05) is 62.4 Å². The summed E-state index contributed by atoms with van der Waals surface area (Å²) < 4.78 is 35.1. The molecule has 46 heavy (non-hydrogen) atoms. The average molecular weight is 639 g/mol. The van der Waals surface area contributed by atoms with Gasteiger partial charge in [0, 0.05) is 11.8 Å². The molecule has 6 atom stereocenters. The molecule has 0 heterocycles. The zero-order chi connectivity index (χ0) is 34.1. The van der Waals surface area contributed by atoms with Crippen LogP contribution in [0.25, 0.3) is 0 Å². The van der Waals surface area contributed by atoms with Crippen LogP contribution in [0.4, 0.5) is 4.79 Å². The highest BCUT2D eigenvalue weighted by Crippen LogP contribution is 2.29. The van der Waals surface area contributed by atoms with Crippen molar-refractivity contribution in [3.8, 4) is 11.5 Å². The molecule has 0 aliphatic carbocycles. The van der Waals surface area contributed by atoms with Crippen molar-refractivity contribution < 1.29 is 33.2 Å². The Kier molecular flexibility index (Phi) is 17.5. The highest BCUT2D eigenvalue weighted by Gasteiger charge is 2.33. The summed E-state index contributed by atoms with van der Waals surface area (Å²) in [4.78, 5) is 13.3. The summed E-state index contributed by atoms with van der Waals surface area (Å²) in [7, 11) is 3.30. The van der Waals surface area contributed by atoms with Gasteiger partial charge in [-0.1, -0.05) is 90.1 Å². The first-order chi connectivity index (χ1) is 22.0. The van der Waals surface area contributed by atoms with Crippen LogP contribution in [0.3, 0.4) is 0 Å². The van der Waals surface area contributed by atoms with Crippen molar-refractivity contribution in [3.05, 3.63) is 85.0 Å². The van der Waals surface area contributed by atoms with Gasteiger partial charge in [-0.15, -0.1) is 0 Å². The van der Waals surface area contributed by atoms with Gasteiger partial charge in [-0.25, -0.2) is 4.79 Å². The van der Waals surface area contributed by atoms with Gasteiger partial charge in [-0.05, 0) is 73.9 Å². The van der Waals surface area contributed by atoms with Crippen LogP contribution < -0.4 is 9.47 Å². The van der Waals surface area contributed by atoms with E-state index in [-0.39, 0.29) is 24.0 Å². The van der Waals surface area contributed by atoms with Gasteiger partial charge in [0.15, 0.2) is 0 Å². The lowest BCUT2D eigenvalue weighted by Gasteiger charge is -2.32. The largest absolute Gasteiger partial charge is 0.509 e. The maximum absolute atomic E-state index is 13.3. The minimum absolute atomic E-state index is 0.101. The molecule has 0 amide bonds. The number of methoxy groups -OCH3 is 2. The predicted octanol–water partition coefficient (Wildman–Crippen LogP) is 9.58. The summed E-state index contributed by atoms with van der Waals surface area (Å²) in [5, 5.41) is 0. The number of carbonyl (C=O) groups excluding carboxylic acids is 1. The fourth-order valence-corrected chi connectivity index (χ4v) is 5.40. The molecular weight excluding hydrogens is 580 g/mol. The number of carbonyl (C=O) groups is 1. The molecule has 0 unspecified atom stereocenters. The van der Waals surface area contributed by atoms with E-state index in [9.17, 15) is 4.79 Å². The van der Waals surface area contributed by atoms with E-state index in [0.29, 0.717) is 25.0 Å². The van der Waals surface area contributed by atoms with E-state index in [4.69, 9.17) is 28.4 Å². The minimum Gasteiger partial charge on any atom is -0.497 e. The highest BCUT2D eigenvalue weighted by atomic mass is 16.7. The number of ether oxygens (including phenoxy) is 6. The number of hydrogen-bond donors (Lipinski definition) is 0. The van der Waals surface area contributed by atoms with E-state index in [0.717, 1.165) is 48.3 Å². The maximum atomic E-state index is 13.3. The van der Waals surface area contributed by atoms with Crippen LogP contribution in [0, 0.1) is 23.7 Å². The van der Waals surface area contributed by atoms with E-state index in [2.05, 4.69) is 40.9 Å². The smallest absolute Gasteiger partial charge is 0.497 e. The number of benzene rings is 2. The van der Waals surface area contributed by atoms with Crippen molar-refractivity contribution in [2.24, 2.45) is 23.7 Å². The Morgan fingerprint density at radius 1 is 0.609 bits per heavy atom. The molecule has 0 radical (unpaired) electrons. The lowest BCUT2D eigenvalue weighted by atomic mass is 9.88. The molecule has 0 spiro atoms. The molecule has 0 fully saturated rings. The zero-order valence-corrected chi connectivity index (χ0v) is 29.4. The minimum atomic E-state index is -0.747. The molecule has 2 rings (SSSR count). The molecule has 0 aliphatic rings. The Hall–Kier alpha value is -3.29. The van der Waals surface area contributed by atoms with E-state index >= 15 is 0 Å². The third kappa shape index (κ3) is 13.6. The summed E-state index contributed by atoms with van der Waals surface area (Å²) in [6.45, 7) is 21.7. The fourth-order valence-electron chi connectivity index (χ4n) is 5.40. The number of rotatable bonds is 22. The van der Waals surface area contributed by atoms with Crippen molar-refractivity contribution in [1.29, 1.82) is 0 Å². The van der Waals surface area contributed by atoms with Crippen LogP contribution in [0.15, 0.2) is 73.8 Å². The molecule has 0 saturated carbocycles. The van der Waals surface area contributed by atoms with E-state index in [1.54, 1.807) is 26.4 Å². The van der Waals surface area contributed by atoms with Crippen molar-refractivity contribution >= 4 is 6.16 Å². The SMILES string of the molecule is C=C[C@@H](OC(=O)O[C@H](C=C)[C@@H](CCC(C)C)[C@H](C)OCc1ccc(OC)cc1)[C@@H](CCC(C)C)[C@H](C)OCc1ccc(OC)cc1. The van der Waals surface area contributed by atoms with Crippen molar-refractivity contribution in [3.63, 3.8) is 0 Å². The first-order valence-electron chi connectivity index (χ1n) is 16.6. The van der Waals surface area contributed by atoms with Gasteiger partial charge in [0.05, 0.1) is 39.6 Å². The van der Waals surface area contributed by atoms with Crippen LogP contribution in [0.5, 0.6) is 11.5 Å². The third-order valence-corrected chi connectivity index (χ3v) is 8.48. The second kappa shape index (κ2) is 20.8. The van der Waals surface area contributed by atoms with Crippen LogP contribution in [0.2, 0.25) is 0 Å². The van der Waals surface area contributed by atoms with Gasteiger partial charge in [-0.2, -0.15) is 0 Å². The second-order valence-electron chi connectivity index (χ2n) is 12.9. The normalized spacial score (nSPS) is 15.3. The van der Waals surface area contributed by atoms with Gasteiger partial charge >= 0.3 is 6.16 Å². The maximum Gasteiger partial charge on any atom is 0.509 e. The summed E-state index contributed by atoms with van der Waals surface area (Å²) >= 11 is 0. The lowest BCUT2D eigenvalue weighted by molar-refractivity contribution is -0.0680. The Morgan fingerprint density at radius 3 is 1.24 bits per heavy atom. The van der Waals surface area contributed by atoms with Gasteiger partial charge in [0.2, 0.25) is 0 Å². The second-order valence-corrected chi connectivity index (χ2v) is 12.9. The first-order valence-corrected chi connectivity index (χ1v) is 16.6. The highest BCUT2D eigenvalue weighted by molar-refractivity contribution is 5.61. The molecule has 0 aromatic heterocycles. The molecular formula is C39H58O7. The topological polar surface area (TPSA) is 72.5 Å². The Labute approximate surface area is 278 Å². The molecule has 0 bridgehead atoms. The number of hydrogen-bond acceptors (Lipinski definition) is 7. The first kappa shape index (κ1) is 38.9. The third-order valence-electron chi connectivity index (χ3n) is 8.48. The van der Waals surface area contributed by atoms with Crippen LogP contribution in [-0.2, 0) is 32.2 Å². The Bertz CT molecular complexity index is 1050. The quantitative estimate of drug-likeness (QED) is 0.0939. The van der Waals surface area contributed by atoms with Crippen LogP contribution >= 0.6 is 0 Å². The molecule has 7 heteroatoms. The molecule has 0 aliphatic heterocycles. The van der Waals surface area contributed by atoms with Crippen LogP contribution in [0.1, 0.15) is 78.4 Å². The summed E-state index contributed by atoms with van der Waals surface area (Å²) in [6.07, 6.45) is 4.59. The van der Waals surface area contributed by atoms with Crippen molar-refractivity contribution in [1.82, 2.24) is 0 Å². The van der Waals surface area contributed by atoms with Gasteiger partial charge in [0.25, 0.3) is 0 Å². The van der Waals surface area contributed by atoms with Gasteiger partial charge in [-0.3, -0.25) is 0 Å². The molecule has 0 N–H and O–H groups in total. The summed E-state index contributed by atoms with van der Waals surface area (Å²) in [5.74, 6) is 2.37. The molecule has 0 saturated heterocycles. The molecule has 2 aromatic rings. The Morgan fingerprint density at radius 2 is 0.957 bits per heavy atom. The van der Waals surface area contributed by atoms with E-state index < -0.39 is 18.4 Å². The Balaban J connectivity index is 2.11. The predicted molar refractivity (Wildman–Crippen MR) is 185 cm³/mol. The molecule has 7 nitrogen and oxygen atoms in total.